The molecule has 2 amide bonds. The zero-order valence-electron chi connectivity index (χ0n) is 14.9. The molecule has 0 atom stereocenters. The first-order valence-electron chi connectivity index (χ1n) is 8.72. The summed E-state index contributed by atoms with van der Waals surface area (Å²) >= 11 is 7.42. The molecule has 0 unspecified atom stereocenters. The van der Waals surface area contributed by atoms with Gasteiger partial charge in [0, 0.05) is 33.5 Å². The van der Waals surface area contributed by atoms with Crippen molar-refractivity contribution in [2.45, 2.75) is 19.8 Å². The highest BCUT2D eigenvalue weighted by Crippen LogP contribution is 2.16. The smallest absolute Gasteiger partial charge is 0.257 e. The first-order valence-corrected chi connectivity index (χ1v) is 10.2. The summed E-state index contributed by atoms with van der Waals surface area (Å²) in [5.41, 5.74) is 3.06. The van der Waals surface area contributed by atoms with Gasteiger partial charge in [-0.05, 0) is 96.5 Å². The Balaban J connectivity index is 1.58. The van der Waals surface area contributed by atoms with E-state index in [1.54, 1.807) is 30.3 Å². The molecule has 1 aliphatic heterocycles. The topological polar surface area (TPSA) is 61.4 Å². The number of nitrogens with one attached hydrogen (secondary N) is 2. The van der Waals surface area contributed by atoms with E-state index in [0.717, 1.165) is 40.8 Å². The summed E-state index contributed by atoms with van der Waals surface area (Å²) < 4.78 is 1.03. The standard InChI is InChI=1S/C20H20IN3O2S/c1-13-4-5-15(12-17(13)21)18(25)23-20(27)22-16-8-6-14(7-9-16)19(26)24-10-2-3-11-24/h4-9,12H,2-3,10-11H2,1H3,(H2,22,23,25,27). The van der Waals surface area contributed by atoms with Gasteiger partial charge in [0.25, 0.3) is 11.8 Å². The van der Waals surface area contributed by atoms with E-state index in [0.29, 0.717) is 11.1 Å². The summed E-state index contributed by atoms with van der Waals surface area (Å²) in [6.07, 6.45) is 2.14. The van der Waals surface area contributed by atoms with Gasteiger partial charge in [-0.3, -0.25) is 14.9 Å². The van der Waals surface area contributed by atoms with Crippen LogP contribution in [0.4, 0.5) is 5.69 Å². The molecule has 3 rings (SSSR count). The molecule has 1 aliphatic rings. The van der Waals surface area contributed by atoms with Crippen LogP contribution in [-0.2, 0) is 0 Å². The third-order valence-corrected chi connectivity index (χ3v) is 5.81. The molecule has 0 aromatic heterocycles. The van der Waals surface area contributed by atoms with E-state index in [9.17, 15) is 9.59 Å². The summed E-state index contributed by atoms with van der Waals surface area (Å²) in [6.45, 7) is 3.65. The number of anilines is 1. The van der Waals surface area contributed by atoms with Gasteiger partial charge in [0.1, 0.15) is 0 Å². The third kappa shape index (κ3) is 5.04. The molecule has 0 saturated carbocycles. The lowest BCUT2D eigenvalue weighted by molar-refractivity contribution is 0.0792. The van der Waals surface area contributed by atoms with E-state index >= 15 is 0 Å². The molecule has 2 N–H and O–H groups in total. The number of amides is 2. The van der Waals surface area contributed by atoms with E-state index in [1.807, 2.05) is 24.0 Å². The lowest BCUT2D eigenvalue weighted by Gasteiger charge is -2.15. The van der Waals surface area contributed by atoms with Crippen LogP contribution in [0.25, 0.3) is 0 Å². The Bertz CT molecular complexity index is 877. The molecular formula is C20H20IN3O2S. The average Bonchev–Trinajstić information content (AvgIpc) is 3.18. The number of hydrogen-bond donors (Lipinski definition) is 2. The van der Waals surface area contributed by atoms with Gasteiger partial charge in [-0.25, -0.2) is 0 Å². The van der Waals surface area contributed by atoms with Crippen molar-refractivity contribution in [2.75, 3.05) is 18.4 Å². The summed E-state index contributed by atoms with van der Waals surface area (Å²) in [6, 6.07) is 12.6. The van der Waals surface area contributed by atoms with Gasteiger partial charge in [0.15, 0.2) is 5.11 Å². The monoisotopic (exact) mass is 493 g/mol. The highest BCUT2D eigenvalue weighted by atomic mass is 127. The number of nitrogens with zero attached hydrogens (tertiary/aromatic N) is 1. The second kappa shape index (κ2) is 8.79. The lowest BCUT2D eigenvalue weighted by atomic mass is 10.1. The van der Waals surface area contributed by atoms with Crippen molar-refractivity contribution >= 4 is 57.4 Å². The number of likely N-dealkylation sites (tertiary alicyclic amines) is 1. The maximum Gasteiger partial charge on any atom is 0.257 e. The minimum absolute atomic E-state index is 0.0592. The molecule has 1 fully saturated rings. The fraction of sp³-hybridized carbons (Fsp3) is 0.250. The Morgan fingerprint density at radius 2 is 1.67 bits per heavy atom. The summed E-state index contributed by atoms with van der Waals surface area (Å²) in [4.78, 5) is 26.5. The van der Waals surface area contributed by atoms with Crippen LogP contribution >= 0.6 is 34.8 Å². The molecule has 140 valence electrons. The fourth-order valence-electron chi connectivity index (χ4n) is 2.87. The summed E-state index contributed by atoms with van der Waals surface area (Å²) in [5, 5.41) is 5.87. The predicted molar refractivity (Wildman–Crippen MR) is 119 cm³/mol. The van der Waals surface area contributed by atoms with Gasteiger partial charge in [-0.15, -0.1) is 0 Å². The number of halogens is 1. The molecule has 1 saturated heterocycles. The van der Waals surface area contributed by atoms with E-state index in [4.69, 9.17) is 12.2 Å². The number of carbonyl (C=O) groups is 2. The van der Waals surface area contributed by atoms with Crippen molar-refractivity contribution in [1.82, 2.24) is 10.2 Å². The van der Waals surface area contributed by atoms with Crippen molar-refractivity contribution in [3.63, 3.8) is 0 Å². The second-order valence-corrected chi connectivity index (χ2v) is 8.02. The molecule has 0 aliphatic carbocycles. The summed E-state index contributed by atoms with van der Waals surface area (Å²) in [5.74, 6) is -0.199. The third-order valence-electron chi connectivity index (χ3n) is 4.44. The van der Waals surface area contributed by atoms with E-state index < -0.39 is 0 Å². The Morgan fingerprint density at radius 3 is 2.30 bits per heavy atom. The molecule has 0 radical (unpaired) electrons. The Kier molecular flexibility index (Phi) is 6.43. The molecule has 5 nitrogen and oxygen atoms in total. The highest BCUT2D eigenvalue weighted by Gasteiger charge is 2.19. The largest absolute Gasteiger partial charge is 0.339 e. The quantitative estimate of drug-likeness (QED) is 0.502. The normalized spacial score (nSPS) is 13.3. The minimum atomic E-state index is -0.258. The van der Waals surface area contributed by atoms with Crippen LogP contribution in [0.15, 0.2) is 42.5 Å². The van der Waals surface area contributed by atoms with Gasteiger partial charge in [0.05, 0.1) is 0 Å². The summed E-state index contributed by atoms with van der Waals surface area (Å²) in [7, 11) is 0. The molecule has 7 heteroatoms. The molecule has 27 heavy (non-hydrogen) atoms. The van der Waals surface area contributed by atoms with Crippen LogP contribution < -0.4 is 10.6 Å². The maximum atomic E-state index is 12.4. The van der Waals surface area contributed by atoms with E-state index in [-0.39, 0.29) is 16.9 Å². The van der Waals surface area contributed by atoms with Crippen molar-refractivity contribution in [3.05, 3.63) is 62.7 Å². The fourth-order valence-corrected chi connectivity index (χ4v) is 3.60. The van der Waals surface area contributed by atoms with Gasteiger partial charge in [-0.1, -0.05) is 6.07 Å². The maximum absolute atomic E-state index is 12.4. The Morgan fingerprint density at radius 1 is 1.04 bits per heavy atom. The van der Waals surface area contributed by atoms with Crippen molar-refractivity contribution in [2.24, 2.45) is 0 Å². The Hall–Kier alpha value is -2.00. The minimum Gasteiger partial charge on any atom is -0.339 e. The molecule has 2 aromatic carbocycles. The van der Waals surface area contributed by atoms with Crippen molar-refractivity contribution in [1.29, 1.82) is 0 Å². The predicted octanol–water partition coefficient (Wildman–Crippen LogP) is 3.96. The van der Waals surface area contributed by atoms with Crippen LogP contribution in [-0.4, -0.2) is 34.9 Å². The Labute approximate surface area is 177 Å². The first-order chi connectivity index (χ1) is 12.9. The van der Waals surface area contributed by atoms with Crippen molar-refractivity contribution < 1.29 is 9.59 Å². The highest BCUT2D eigenvalue weighted by molar-refractivity contribution is 14.1. The lowest BCUT2D eigenvalue weighted by Crippen LogP contribution is -2.34. The van der Waals surface area contributed by atoms with E-state index in [1.165, 1.54) is 0 Å². The number of benzene rings is 2. The van der Waals surface area contributed by atoms with Gasteiger partial charge >= 0.3 is 0 Å². The number of thiocarbonyl (C=S) groups is 1. The average molecular weight is 493 g/mol. The molecule has 0 spiro atoms. The first kappa shape index (κ1) is 19.8. The molecular weight excluding hydrogens is 473 g/mol. The van der Waals surface area contributed by atoms with Gasteiger partial charge in [-0.2, -0.15) is 0 Å². The zero-order valence-corrected chi connectivity index (χ0v) is 17.9. The zero-order chi connectivity index (χ0) is 19.4. The van der Waals surface area contributed by atoms with Crippen LogP contribution in [0.5, 0.6) is 0 Å². The number of hydrogen-bond acceptors (Lipinski definition) is 3. The van der Waals surface area contributed by atoms with Crippen LogP contribution in [0.1, 0.15) is 39.1 Å². The van der Waals surface area contributed by atoms with Gasteiger partial charge < -0.3 is 10.2 Å². The molecule has 1 heterocycles. The number of carbonyl (C=O) groups excluding carboxylic acids is 2. The number of rotatable bonds is 3. The molecule has 2 aromatic rings. The van der Waals surface area contributed by atoms with Crippen LogP contribution in [0, 0.1) is 10.5 Å². The van der Waals surface area contributed by atoms with Crippen LogP contribution in [0.3, 0.4) is 0 Å². The molecule has 0 bridgehead atoms. The van der Waals surface area contributed by atoms with Crippen LogP contribution in [0.2, 0.25) is 0 Å². The second-order valence-electron chi connectivity index (χ2n) is 6.45. The number of aryl methyl sites for hydroxylation is 1. The van der Waals surface area contributed by atoms with Gasteiger partial charge in [0.2, 0.25) is 0 Å². The van der Waals surface area contributed by atoms with E-state index in [2.05, 4.69) is 33.2 Å². The SMILES string of the molecule is Cc1ccc(C(=O)NC(=S)Nc2ccc(C(=O)N3CCCC3)cc2)cc1I. The van der Waals surface area contributed by atoms with Crippen molar-refractivity contribution in [3.8, 4) is 0 Å².